The van der Waals surface area contributed by atoms with Crippen molar-refractivity contribution in [3.63, 3.8) is 0 Å². The second-order valence-corrected chi connectivity index (χ2v) is 5.80. The van der Waals surface area contributed by atoms with Crippen molar-refractivity contribution in [3.05, 3.63) is 28.8 Å². The van der Waals surface area contributed by atoms with Crippen molar-refractivity contribution < 1.29 is 4.79 Å². The van der Waals surface area contributed by atoms with E-state index in [0.29, 0.717) is 5.02 Å². The first-order valence-corrected chi connectivity index (χ1v) is 6.58. The molecule has 0 aliphatic heterocycles. The molecule has 2 fully saturated rings. The van der Waals surface area contributed by atoms with Crippen LogP contribution in [0.4, 0.5) is 5.69 Å². The molecule has 1 N–H and O–H groups in total. The Hall–Kier alpha value is -1.02. The van der Waals surface area contributed by atoms with Gasteiger partial charge in [-0.2, -0.15) is 0 Å². The maximum Gasteiger partial charge on any atom is 0.227 e. The van der Waals surface area contributed by atoms with Gasteiger partial charge >= 0.3 is 0 Å². The van der Waals surface area contributed by atoms with Crippen molar-refractivity contribution in [2.45, 2.75) is 26.2 Å². The number of aryl methyl sites for hydroxylation is 1. The molecule has 1 aromatic carbocycles. The topological polar surface area (TPSA) is 29.1 Å². The van der Waals surface area contributed by atoms with Crippen molar-refractivity contribution in [1.82, 2.24) is 0 Å². The van der Waals surface area contributed by atoms with E-state index in [2.05, 4.69) is 5.32 Å². The minimum absolute atomic E-state index is 0.143. The van der Waals surface area contributed by atoms with Crippen LogP contribution in [0.15, 0.2) is 18.2 Å². The summed E-state index contributed by atoms with van der Waals surface area (Å²) in [6.45, 7) is 2.00. The third-order valence-corrected chi connectivity index (χ3v) is 4.32. The highest BCUT2D eigenvalue weighted by atomic mass is 35.5. The van der Waals surface area contributed by atoms with Crippen molar-refractivity contribution in [3.8, 4) is 0 Å². The Bertz CT molecular complexity index is 461. The summed E-state index contributed by atoms with van der Waals surface area (Å²) in [5.74, 6) is 2.01. The summed E-state index contributed by atoms with van der Waals surface area (Å²) < 4.78 is 0. The predicted molar refractivity (Wildman–Crippen MR) is 69.1 cm³/mol. The Balaban J connectivity index is 1.69. The molecule has 0 heterocycles. The average molecular weight is 250 g/mol. The molecule has 2 atom stereocenters. The number of hydrogen-bond donors (Lipinski definition) is 1. The van der Waals surface area contributed by atoms with Gasteiger partial charge in [-0.25, -0.2) is 0 Å². The summed E-state index contributed by atoms with van der Waals surface area (Å²) in [5, 5.41) is 3.58. The summed E-state index contributed by atoms with van der Waals surface area (Å²) in [7, 11) is 0. The van der Waals surface area contributed by atoms with Gasteiger partial charge in [0.1, 0.15) is 0 Å². The molecule has 17 heavy (non-hydrogen) atoms. The number of fused-ring (bicyclic) bond motifs is 1. The lowest BCUT2D eigenvalue weighted by Gasteiger charge is -2.13. The van der Waals surface area contributed by atoms with Crippen LogP contribution in [0, 0.1) is 24.7 Å². The molecular formula is C14H16ClNO. The Morgan fingerprint density at radius 3 is 2.71 bits per heavy atom. The first-order chi connectivity index (χ1) is 8.13. The lowest BCUT2D eigenvalue weighted by molar-refractivity contribution is -0.120. The first kappa shape index (κ1) is 11.1. The Morgan fingerprint density at radius 2 is 2.00 bits per heavy atom. The van der Waals surface area contributed by atoms with Crippen LogP contribution in [-0.4, -0.2) is 5.91 Å². The molecule has 2 aliphatic carbocycles. The first-order valence-electron chi connectivity index (χ1n) is 6.20. The van der Waals surface area contributed by atoms with E-state index in [4.69, 9.17) is 11.6 Å². The molecule has 0 aromatic heterocycles. The lowest BCUT2D eigenvalue weighted by atomic mass is 10.0. The Labute approximate surface area is 106 Å². The van der Waals surface area contributed by atoms with Crippen LogP contribution in [0.25, 0.3) is 0 Å². The lowest BCUT2D eigenvalue weighted by Crippen LogP contribution is -2.21. The summed E-state index contributed by atoms with van der Waals surface area (Å²) in [6, 6.07) is 5.71. The van der Waals surface area contributed by atoms with E-state index in [1.165, 1.54) is 6.42 Å². The molecule has 0 bridgehead atoms. The number of carbonyl (C=O) groups is 1. The van der Waals surface area contributed by atoms with Gasteiger partial charge in [-0.05, 0) is 55.7 Å². The van der Waals surface area contributed by atoms with Crippen LogP contribution in [0.2, 0.25) is 5.02 Å². The van der Waals surface area contributed by atoms with Gasteiger partial charge in [-0.3, -0.25) is 4.79 Å². The highest BCUT2D eigenvalue weighted by Gasteiger charge is 2.47. The van der Waals surface area contributed by atoms with Gasteiger partial charge in [0.05, 0.1) is 10.7 Å². The van der Waals surface area contributed by atoms with Gasteiger partial charge in [0.25, 0.3) is 0 Å². The van der Waals surface area contributed by atoms with E-state index in [9.17, 15) is 4.79 Å². The van der Waals surface area contributed by atoms with Gasteiger partial charge in [-0.1, -0.05) is 17.7 Å². The molecule has 2 nitrogen and oxygen atoms in total. The number of halogens is 1. The Morgan fingerprint density at radius 1 is 1.29 bits per heavy atom. The standard InChI is InChI=1S/C14H16ClNO/c1-8-2-3-12(15)13(4-8)16-14(17)11-6-9-5-10(9)7-11/h2-4,9-11H,5-7H2,1H3,(H,16,17). The van der Waals surface area contributed by atoms with Crippen LogP contribution in [0.3, 0.4) is 0 Å². The van der Waals surface area contributed by atoms with Crippen molar-refractivity contribution in [2.24, 2.45) is 17.8 Å². The summed E-state index contributed by atoms with van der Waals surface area (Å²) in [6.07, 6.45) is 3.48. The number of amides is 1. The quantitative estimate of drug-likeness (QED) is 0.852. The van der Waals surface area contributed by atoms with E-state index in [1.807, 2.05) is 25.1 Å². The number of hydrogen-bond acceptors (Lipinski definition) is 1. The summed E-state index contributed by atoms with van der Waals surface area (Å²) in [5.41, 5.74) is 1.86. The van der Waals surface area contributed by atoms with Crippen LogP contribution in [0.1, 0.15) is 24.8 Å². The molecule has 2 unspecified atom stereocenters. The van der Waals surface area contributed by atoms with Crippen LogP contribution >= 0.6 is 11.6 Å². The zero-order chi connectivity index (χ0) is 12.0. The van der Waals surface area contributed by atoms with Crippen LogP contribution in [-0.2, 0) is 4.79 Å². The summed E-state index contributed by atoms with van der Waals surface area (Å²) in [4.78, 5) is 12.1. The number of rotatable bonds is 2. The van der Waals surface area contributed by atoms with Crippen LogP contribution < -0.4 is 5.32 Å². The van der Waals surface area contributed by atoms with E-state index in [1.54, 1.807) is 0 Å². The number of nitrogens with one attached hydrogen (secondary N) is 1. The number of anilines is 1. The monoisotopic (exact) mass is 249 g/mol. The van der Waals surface area contributed by atoms with E-state index < -0.39 is 0 Å². The number of carbonyl (C=O) groups excluding carboxylic acids is 1. The third-order valence-electron chi connectivity index (χ3n) is 3.99. The van der Waals surface area contributed by atoms with Gasteiger partial charge in [0, 0.05) is 5.92 Å². The van der Waals surface area contributed by atoms with Gasteiger partial charge < -0.3 is 5.32 Å². The molecular weight excluding hydrogens is 234 g/mol. The zero-order valence-electron chi connectivity index (χ0n) is 9.87. The molecule has 3 rings (SSSR count). The normalized spacial score (nSPS) is 29.9. The molecule has 2 aliphatic rings. The largest absolute Gasteiger partial charge is 0.325 e. The van der Waals surface area contributed by atoms with Crippen molar-refractivity contribution in [2.75, 3.05) is 5.32 Å². The van der Waals surface area contributed by atoms with Gasteiger partial charge in [0.15, 0.2) is 0 Å². The molecule has 1 amide bonds. The number of benzene rings is 1. The minimum atomic E-state index is 0.143. The third kappa shape index (κ3) is 2.19. The van der Waals surface area contributed by atoms with E-state index in [-0.39, 0.29) is 11.8 Å². The van der Waals surface area contributed by atoms with Gasteiger partial charge in [-0.15, -0.1) is 0 Å². The zero-order valence-corrected chi connectivity index (χ0v) is 10.6. The molecule has 0 spiro atoms. The second kappa shape index (κ2) is 4.02. The predicted octanol–water partition coefficient (Wildman–Crippen LogP) is 3.63. The molecule has 1 aromatic rings. The van der Waals surface area contributed by atoms with E-state index >= 15 is 0 Å². The van der Waals surface area contributed by atoms with Crippen LogP contribution in [0.5, 0.6) is 0 Å². The fourth-order valence-electron chi connectivity index (χ4n) is 2.90. The Kier molecular flexibility index (Phi) is 2.62. The molecule has 3 heteroatoms. The molecule has 0 radical (unpaired) electrons. The van der Waals surface area contributed by atoms with Crippen molar-refractivity contribution >= 4 is 23.2 Å². The fourth-order valence-corrected chi connectivity index (χ4v) is 3.06. The smallest absolute Gasteiger partial charge is 0.227 e. The second-order valence-electron chi connectivity index (χ2n) is 5.40. The SMILES string of the molecule is Cc1ccc(Cl)c(NC(=O)C2CC3CC3C2)c1. The highest BCUT2D eigenvalue weighted by Crippen LogP contribution is 2.54. The van der Waals surface area contributed by atoms with Gasteiger partial charge in [0.2, 0.25) is 5.91 Å². The highest BCUT2D eigenvalue weighted by molar-refractivity contribution is 6.33. The average Bonchev–Trinajstić information content (AvgIpc) is 2.91. The minimum Gasteiger partial charge on any atom is -0.325 e. The maximum absolute atomic E-state index is 12.1. The molecule has 2 saturated carbocycles. The molecule has 0 saturated heterocycles. The summed E-state index contributed by atoms with van der Waals surface area (Å²) >= 11 is 6.07. The maximum atomic E-state index is 12.1. The molecule has 90 valence electrons. The fraction of sp³-hybridized carbons (Fsp3) is 0.500. The van der Waals surface area contributed by atoms with E-state index in [0.717, 1.165) is 35.9 Å². The van der Waals surface area contributed by atoms with Crippen molar-refractivity contribution in [1.29, 1.82) is 0 Å².